The van der Waals surface area contributed by atoms with Crippen LogP contribution in [0.25, 0.3) is 0 Å². The van der Waals surface area contributed by atoms with Crippen LogP contribution in [0.15, 0.2) is 24.3 Å². The lowest BCUT2D eigenvalue weighted by atomic mass is 9.89. The standard InChI is InChI=1S/C14H20N2O/c1-14(2)11-8-6-5-7-10(11)9-12(15-3)13(17)16(14)4/h5-8,12,15H,9H2,1-4H3. The third-order valence-corrected chi connectivity index (χ3v) is 3.92. The highest BCUT2D eigenvalue weighted by Gasteiger charge is 2.37. The highest BCUT2D eigenvalue weighted by Crippen LogP contribution is 2.33. The van der Waals surface area contributed by atoms with Crippen molar-refractivity contribution in [3.8, 4) is 0 Å². The fraction of sp³-hybridized carbons (Fsp3) is 0.500. The Hall–Kier alpha value is -1.35. The molecule has 1 N–H and O–H groups in total. The van der Waals surface area contributed by atoms with Crippen molar-refractivity contribution < 1.29 is 4.79 Å². The number of likely N-dealkylation sites (N-methyl/N-ethyl adjacent to an activating group) is 2. The number of hydrogen-bond donors (Lipinski definition) is 1. The smallest absolute Gasteiger partial charge is 0.240 e. The first kappa shape index (κ1) is 12.1. The summed E-state index contributed by atoms with van der Waals surface area (Å²) in [6.07, 6.45) is 0.763. The number of rotatable bonds is 1. The molecule has 92 valence electrons. The van der Waals surface area contributed by atoms with E-state index in [0.717, 1.165) is 6.42 Å². The highest BCUT2D eigenvalue weighted by atomic mass is 16.2. The topological polar surface area (TPSA) is 32.3 Å². The van der Waals surface area contributed by atoms with Crippen LogP contribution in [0.4, 0.5) is 0 Å². The van der Waals surface area contributed by atoms with Gasteiger partial charge in [-0.3, -0.25) is 4.79 Å². The average molecular weight is 232 g/mol. The van der Waals surface area contributed by atoms with Gasteiger partial charge in [0, 0.05) is 7.05 Å². The van der Waals surface area contributed by atoms with Crippen molar-refractivity contribution in [2.45, 2.75) is 31.8 Å². The van der Waals surface area contributed by atoms with E-state index in [0.29, 0.717) is 0 Å². The van der Waals surface area contributed by atoms with Crippen LogP contribution in [0.3, 0.4) is 0 Å². The van der Waals surface area contributed by atoms with Crippen molar-refractivity contribution in [1.82, 2.24) is 10.2 Å². The Bertz CT molecular complexity index is 440. The summed E-state index contributed by atoms with van der Waals surface area (Å²) in [4.78, 5) is 14.2. The lowest BCUT2D eigenvalue weighted by Crippen LogP contribution is -2.49. The van der Waals surface area contributed by atoms with Crippen LogP contribution in [0, 0.1) is 0 Å². The van der Waals surface area contributed by atoms with Gasteiger partial charge in [0.05, 0.1) is 11.6 Å². The molecule has 1 unspecified atom stereocenters. The number of benzene rings is 1. The summed E-state index contributed by atoms with van der Waals surface area (Å²) in [6, 6.07) is 8.20. The normalized spacial score (nSPS) is 23.2. The maximum Gasteiger partial charge on any atom is 0.240 e. The van der Waals surface area contributed by atoms with E-state index in [1.54, 1.807) is 0 Å². The first-order chi connectivity index (χ1) is 7.98. The molecule has 3 nitrogen and oxygen atoms in total. The molecule has 0 saturated heterocycles. The van der Waals surface area contributed by atoms with Crippen LogP contribution in [0.5, 0.6) is 0 Å². The van der Waals surface area contributed by atoms with Crippen LogP contribution < -0.4 is 5.32 Å². The Labute approximate surface area is 103 Å². The Morgan fingerprint density at radius 2 is 2.00 bits per heavy atom. The van der Waals surface area contributed by atoms with Crippen LogP contribution in [-0.4, -0.2) is 30.9 Å². The van der Waals surface area contributed by atoms with Crippen LogP contribution in [0.1, 0.15) is 25.0 Å². The van der Waals surface area contributed by atoms with Crippen molar-refractivity contribution in [1.29, 1.82) is 0 Å². The molecule has 1 aromatic rings. The molecule has 17 heavy (non-hydrogen) atoms. The van der Waals surface area contributed by atoms with Gasteiger partial charge in [0.15, 0.2) is 0 Å². The van der Waals surface area contributed by atoms with Gasteiger partial charge >= 0.3 is 0 Å². The van der Waals surface area contributed by atoms with E-state index < -0.39 is 0 Å². The van der Waals surface area contributed by atoms with Gasteiger partial charge in [0.1, 0.15) is 0 Å². The predicted octanol–water partition coefficient (Wildman–Crippen LogP) is 1.52. The third kappa shape index (κ3) is 1.84. The molecule has 0 radical (unpaired) electrons. The number of amides is 1. The first-order valence-corrected chi connectivity index (χ1v) is 6.02. The molecule has 0 saturated carbocycles. The van der Waals surface area contributed by atoms with Gasteiger partial charge in [0.25, 0.3) is 0 Å². The van der Waals surface area contributed by atoms with E-state index in [1.165, 1.54) is 11.1 Å². The van der Waals surface area contributed by atoms with Gasteiger partial charge in [-0.05, 0) is 38.4 Å². The second-order valence-electron chi connectivity index (χ2n) is 5.16. The fourth-order valence-electron chi connectivity index (χ4n) is 2.52. The molecular weight excluding hydrogens is 212 g/mol. The number of carbonyl (C=O) groups excluding carboxylic acids is 1. The molecule has 1 amide bonds. The lowest BCUT2D eigenvalue weighted by molar-refractivity contribution is -0.136. The quantitative estimate of drug-likeness (QED) is 0.796. The van der Waals surface area contributed by atoms with Crippen LogP contribution in [0.2, 0.25) is 0 Å². The Balaban J connectivity index is 2.56. The van der Waals surface area contributed by atoms with Crippen molar-refractivity contribution >= 4 is 5.91 Å². The summed E-state index contributed by atoms with van der Waals surface area (Å²) in [5.41, 5.74) is 2.25. The Morgan fingerprint density at radius 1 is 1.35 bits per heavy atom. The molecule has 1 aliphatic rings. The third-order valence-electron chi connectivity index (χ3n) is 3.92. The molecule has 3 heteroatoms. The minimum atomic E-state index is -0.251. The summed E-state index contributed by atoms with van der Waals surface area (Å²) < 4.78 is 0. The molecule has 1 aliphatic heterocycles. The molecule has 0 aliphatic carbocycles. The zero-order valence-corrected chi connectivity index (χ0v) is 10.9. The van der Waals surface area contributed by atoms with E-state index in [9.17, 15) is 4.79 Å². The molecule has 0 fully saturated rings. The fourth-order valence-corrected chi connectivity index (χ4v) is 2.52. The monoisotopic (exact) mass is 232 g/mol. The maximum atomic E-state index is 12.3. The minimum Gasteiger partial charge on any atom is -0.335 e. The molecule has 1 atom stereocenters. The number of carbonyl (C=O) groups is 1. The van der Waals surface area contributed by atoms with E-state index in [1.807, 2.05) is 31.1 Å². The van der Waals surface area contributed by atoms with Gasteiger partial charge in [-0.2, -0.15) is 0 Å². The first-order valence-electron chi connectivity index (χ1n) is 6.02. The van der Waals surface area contributed by atoms with Gasteiger partial charge in [-0.1, -0.05) is 24.3 Å². The van der Waals surface area contributed by atoms with Crippen molar-refractivity contribution in [3.05, 3.63) is 35.4 Å². The van der Waals surface area contributed by atoms with Crippen molar-refractivity contribution in [2.75, 3.05) is 14.1 Å². The molecule has 0 bridgehead atoms. The van der Waals surface area contributed by atoms with E-state index in [2.05, 4.69) is 31.3 Å². The van der Waals surface area contributed by atoms with E-state index in [4.69, 9.17) is 0 Å². The lowest BCUT2D eigenvalue weighted by Gasteiger charge is -2.36. The SMILES string of the molecule is CNC1Cc2ccccc2C(C)(C)N(C)C1=O. The zero-order chi connectivity index (χ0) is 12.6. The van der Waals surface area contributed by atoms with Gasteiger partial charge < -0.3 is 10.2 Å². The largest absolute Gasteiger partial charge is 0.335 e. The summed E-state index contributed by atoms with van der Waals surface area (Å²) >= 11 is 0. The summed E-state index contributed by atoms with van der Waals surface area (Å²) in [5, 5.41) is 3.11. The predicted molar refractivity (Wildman–Crippen MR) is 68.8 cm³/mol. The maximum absolute atomic E-state index is 12.3. The number of nitrogens with zero attached hydrogens (tertiary/aromatic N) is 1. The number of hydrogen-bond acceptors (Lipinski definition) is 2. The summed E-state index contributed by atoms with van der Waals surface area (Å²) in [7, 11) is 3.73. The highest BCUT2D eigenvalue weighted by molar-refractivity contribution is 5.83. The zero-order valence-electron chi connectivity index (χ0n) is 10.9. The summed E-state index contributed by atoms with van der Waals surface area (Å²) in [5.74, 6) is 0.161. The molecule has 2 rings (SSSR count). The number of nitrogens with one attached hydrogen (secondary N) is 1. The van der Waals surface area contributed by atoms with Gasteiger partial charge in [-0.25, -0.2) is 0 Å². The number of fused-ring (bicyclic) bond motifs is 1. The molecule has 1 heterocycles. The average Bonchev–Trinajstić information content (AvgIpc) is 2.40. The summed E-state index contributed by atoms with van der Waals surface area (Å²) in [6.45, 7) is 4.20. The molecule has 0 spiro atoms. The second-order valence-corrected chi connectivity index (χ2v) is 5.16. The molecule has 0 aromatic heterocycles. The van der Waals surface area contributed by atoms with Gasteiger partial charge in [0.2, 0.25) is 5.91 Å². The van der Waals surface area contributed by atoms with E-state index >= 15 is 0 Å². The van der Waals surface area contributed by atoms with Crippen molar-refractivity contribution in [3.63, 3.8) is 0 Å². The van der Waals surface area contributed by atoms with Crippen molar-refractivity contribution in [2.24, 2.45) is 0 Å². The van der Waals surface area contributed by atoms with Gasteiger partial charge in [-0.15, -0.1) is 0 Å². The Morgan fingerprint density at radius 3 is 2.65 bits per heavy atom. The second kappa shape index (κ2) is 4.15. The van der Waals surface area contributed by atoms with Crippen LogP contribution >= 0.6 is 0 Å². The van der Waals surface area contributed by atoms with E-state index in [-0.39, 0.29) is 17.5 Å². The molecular formula is C14H20N2O. The minimum absolute atomic E-state index is 0.122. The molecule has 1 aromatic carbocycles. The Kier molecular flexibility index (Phi) is 2.96. The van der Waals surface area contributed by atoms with Crippen LogP contribution in [-0.2, 0) is 16.8 Å².